The Labute approximate surface area is 113 Å². The number of rotatable bonds is 5. The van der Waals surface area contributed by atoms with Gasteiger partial charge in [0.1, 0.15) is 0 Å². The van der Waals surface area contributed by atoms with E-state index in [0.717, 1.165) is 0 Å². The summed E-state index contributed by atoms with van der Waals surface area (Å²) >= 11 is 0. The molecule has 0 fully saturated rings. The Bertz CT molecular complexity index is 664. The average molecular weight is 273 g/mol. The van der Waals surface area contributed by atoms with Crippen molar-refractivity contribution in [3.63, 3.8) is 0 Å². The van der Waals surface area contributed by atoms with Gasteiger partial charge in [-0.25, -0.2) is 4.68 Å². The Hall–Kier alpha value is -3.04. The molecule has 3 rings (SSSR count). The van der Waals surface area contributed by atoms with Gasteiger partial charge in [-0.2, -0.15) is 25.0 Å². The van der Waals surface area contributed by atoms with Gasteiger partial charge in [-0.3, -0.25) is 0 Å². The maximum atomic E-state index is 4.65. The number of aromatic nitrogens is 7. The van der Waals surface area contributed by atoms with Crippen LogP contribution in [-0.2, 0) is 6.54 Å². The maximum absolute atomic E-state index is 4.65. The monoisotopic (exact) mass is 273 g/mol. The summed E-state index contributed by atoms with van der Waals surface area (Å²) in [5.41, 5.74) is 0. The van der Waals surface area contributed by atoms with Crippen molar-refractivity contribution < 1.29 is 4.52 Å². The Morgan fingerprint density at radius 1 is 1.25 bits per heavy atom. The molecule has 0 aliphatic rings. The topological polar surface area (TPSA) is 119 Å². The molecule has 0 aliphatic carbocycles. The minimum absolute atomic E-state index is 0.349. The number of hydrogen-bond acceptors (Lipinski definition) is 9. The van der Waals surface area contributed by atoms with Crippen LogP contribution in [0.25, 0.3) is 5.95 Å². The Balaban J connectivity index is 1.84. The standard InChI is InChI=1S/C10H11N9O/c1-11-8-15-9(12-5-7-13-6-20-18-7)17-10(16-8)19-4-2-3-14-19/h2-4,6H,5H2,1H3,(H2,11,12,15,16,17). The van der Waals surface area contributed by atoms with E-state index in [1.54, 1.807) is 30.2 Å². The van der Waals surface area contributed by atoms with E-state index in [4.69, 9.17) is 0 Å². The molecule has 0 radical (unpaired) electrons. The molecule has 10 heteroatoms. The molecule has 102 valence electrons. The summed E-state index contributed by atoms with van der Waals surface area (Å²) < 4.78 is 6.19. The molecule has 0 unspecified atom stereocenters. The number of nitrogens with zero attached hydrogens (tertiary/aromatic N) is 7. The van der Waals surface area contributed by atoms with Gasteiger partial charge in [-0.05, 0) is 6.07 Å². The van der Waals surface area contributed by atoms with Crippen LogP contribution in [0.3, 0.4) is 0 Å². The van der Waals surface area contributed by atoms with E-state index in [1.807, 2.05) is 0 Å². The van der Waals surface area contributed by atoms with Gasteiger partial charge in [0.05, 0.1) is 6.54 Å². The molecule has 0 aromatic carbocycles. The molecular formula is C10H11N9O. The molecule has 0 amide bonds. The van der Waals surface area contributed by atoms with Crippen molar-refractivity contribution in [1.29, 1.82) is 0 Å². The van der Waals surface area contributed by atoms with Crippen molar-refractivity contribution in [2.45, 2.75) is 6.54 Å². The second-order valence-electron chi connectivity index (χ2n) is 3.68. The second-order valence-corrected chi connectivity index (χ2v) is 3.68. The van der Waals surface area contributed by atoms with E-state index in [0.29, 0.717) is 30.2 Å². The van der Waals surface area contributed by atoms with E-state index in [-0.39, 0.29) is 0 Å². The maximum Gasteiger partial charge on any atom is 0.257 e. The first-order valence-electron chi connectivity index (χ1n) is 5.78. The van der Waals surface area contributed by atoms with Gasteiger partial charge in [0.15, 0.2) is 5.82 Å². The van der Waals surface area contributed by atoms with Gasteiger partial charge in [0.2, 0.25) is 18.3 Å². The predicted molar refractivity (Wildman–Crippen MR) is 68.1 cm³/mol. The molecule has 2 N–H and O–H groups in total. The third-order valence-electron chi connectivity index (χ3n) is 2.37. The molecule has 0 saturated carbocycles. The van der Waals surface area contributed by atoms with Crippen LogP contribution in [0.5, 0.6) is 0 Å². The van der Waals surface area contributed by atoms with Crippen LogP contribution < -0.4 is 10.6 Å². The highest BCUT2D eigenvalue weighted by atomic mass is 16.5. The molecule has 3 aromatic heterocycles. The molecule has 3 heterocycles. The third-order valence-corrected chi connectivity index (χ3v) is 2.37. The van der Waals surface area contributed by atoms with Crippen LogP contribution in [0.2, 0.25) is 0 Å². The quantitative estimate of drug-likeness (QED) is 0.666. The smallest absolute Gasteiger partial charge is 0.257 e. The fraction of sp³-hybridized carbons (Fsp3) is 0.200. The molecule has 0 atom stereocenters. The van der Waals surface area contributed by atoms with Gasteiger partial charge >= 0.3 is 0 Å². The summed E-state index contributed by atoms with van der Waals surface area (Å²) in [6.07, 6.45) is 4.66. The summed E-state index contributed by atoms with van der Waals surface area (Å²) in [5, 5.41) is 13.6. The second kappa shape index (κ2) is 5.30. The molecule has 0 aliphatic heterocycles. The summed E-state index contributed by atoms with van der Waals surface area (Å²) in [6, 6.07) is 1.79. The first-order chi connectivity index (χ1) is 9.85. The Morgan fingerprint density at radius 3 is 2.85 bits per heavy atom. The van der Waals surface area contributed by atoms with Crippen LogP contribution in [0.1, 0.15) is 5.82 Å². The van der Waals surface area contributed by atoms with E-state index >= 15 is 0 Å². The van der Waals surface area contributed by atoms with Gasteiger partial charge in [0, 0.05) is 19.4 Å². The fourth-order valence-corrected chi connectivity index (χ4v) is 1.47. The van der Waals surface area contributed by atoms with Crippen LogP contribution in [0.4, 0.5) is 11.9 Å². The van der Waals surface area contributed by atoms with Gasteiger partial charge in [0.25, 0.3) is 5.95 Å². The molecule has 0 saturated heterocycles. The first kappa shape index (κ1) is 12.0. The van der Waals surface area contributed by atoms with Crippen LogP contribution >= 0.6 is 0 Å². The average Bonchev–Trinajstić information content (AvgIpc) is 3.17. The van der Waals surface area contributed by atoms with Crippen molar-refractivity contribution in [3.8, 4) is 5.95 Å². The van der Waals surface area contributed by atoms with Gasteiger partial charge < -0.3 is 15.2 Å². The molecular weight excluding hydrogens is 262 g/mol. The summed E-state index contributed by atoms with van der Waals surface area (Å²) in [5.74, 6) is 1.74. The lowest BCUT2D eigenvalue weighted by molar-refractivity contribution is 0.411. The third kappa shape index (κ3) is 2.53. The van der Waals surface area contributed by atoms with Gasteiger partial charge in [-0.1, -0.05) is 5.16 Å². The van der Waals surface area contributed by atoms with Gasteiger partial charge in [-0.15, -0.1) is 0 Å². The minimum Gasteiger partial charge on any atom is -0.357 e. The fourth-order valence-electron chi connectivity index (χ4n) is 1.47. The van der Waals surface area contributed by atoms with E-state index < -0.39 is 0 Å². The summed E-state index contributed by atoms with van der Waals surface area (Å²) in [4.78, 5) is 16.6. The zero-order valence-electron chi connectivity index (χ0n) is 10.6. The van der Waals surface area contributed by atoms with Crippen molar-refractivity contribution in [1.82, 2.24) is 34.9 Å². The number of nitrogens with one attached hydrogen (secondary N) is 2. The van der Waals surface area contributed by atoms with Crippen molar-refractivity contribution >= 4 is 11.9 Å². The molecule has 3 aromatic rings. The molecule has 10 nitrogen and oxygen atoms in total. The number of anilines is 2. The Morgan fingerprint density at radius 2 is 2.15 bits per heavy atom. The van der Waals surface area contributed by atoms with Crippen LogP contribution in [-0.4, -0.2) is 41.9 Å². The van der Waals surface area contributed by atoms with E-state index in [9.17, 15) is 0 Å². The lowest BCUT2D eigenvalue weighted by Crippen LogP contribution is -2.12. The van der Waals surface area contributed by atoms with Crippen LogP contribution in [0.15, 0.2) is 29.4 Å². The van der Waals surface area contributed by atoms with E-state index in [2.05, 4.69) is 45.3 Å². The highest BCUT2D eigenvalue weighted by Crippen LogP contribution is 2.08. The lowest BCUT2D eigenvalue weighted by atomic mass is 10.6. The zero-order valence-corrected chi connectivity index (χ0v) is 10.6. The van der Waals surface area contributed by atoms with Crippen molar-refractivity contribution in [3.05, 3.63) is 30.7 Å². The van der Waals surface area contributed by atoms with E-state index in [1.165, 1.54) is 6.39 Å². The first-order valence-corrected chi connectivity index (χ1v) is 5.78. The SMILES string of the molecule is CNc1nc(NCc2ncon2)nc(-n2cccn2)n1. The number of hydrogen-bond donors (Lipinski definition) is 2. The normalized spacial score (nSPS) is 10.4. The Kier molecular flexibility index (Phi) is 3.18. The summed E-state index contributed by atoms with van der Waals surface area (Å²) in [6.45, 7) is 0.349. The summed E-state index contributed by atoms with van der Waals surface area (Å²) in [7, 11) is 1.73. The largest absolute Gasteiger partial charge is 0.357 e. The minimum atomic E-state index is 0.349. The highest BCUT2D eigenvalue weighted by molar-refractivity contribution is 5.37. The predicted octanol–water partition coefficient (Wildman–Crippen LogP) is 0.0941. The van der Waals surface area contributed by atoms with Crippen LogP contribution in [0, 0.1) is 0 Å². The lowest BCUT2D eigenvalue weighted by Gasteiger charge is -2.07. The zero-order chi connectivity index (χ0) is 13.8. The molecule has 0 spiro atoms. The van der Waals surface area contributed by atoms with Crippen molar-refractivity contribution in [2.75, 3.05) is 17.7 Å². The van der Waals surface area contributed by atoms with Crippen molar-refractivity contribution in [2.24, 2.45) is 0 Å². The highest BCUT2D eigenvalue weighted by Gasteiger charge is 2.08. The molecule has 20 heavy (non-hydrogen) atoms. The molecule has 0 bridgehead atoms.